The number of nitrogens with zero attached hydrogens (tertiary/aromatic N) is 2. The summed E-state index contributed by atoms with van der Waals surface area (Å²) in [4.78, 5) is 8.48. The van der Waals surface area contributed by atoms with Crippen LogP contribution in [0.1, 0.15) is 17.2 Å². The Bertz CT molecular complexity index is 428. The number of methoxy groups -OCH3 is 1. The topological polar surface area (TPSA) is 56.3 Å². The molecule has 120 valence electrons. The van der Waals surface area contributed by atoms with Crippen molar-refractivity contribution >= 4 is 0 Å². The van der Waals surface area contributed by atoms with E-state index in [1.54, 1.807) is 7.11 Å². The van der Waals surface area contributed by atoms with Crippen LogP contribution in [0.2, 0.25) is 0 Å². The molecule has 0 bridgehead atoms. The SMILES string of the molecule is COCCNCc1cc(C)nc(CCOCC(F)(F)F)n1. The third-order valence-electron chi connectivity index (χ3n) is 2.48. The molecular formula is C13H20F3N3O2. The van der Waals surface area contributed by atoms with E-state index in [1.807, 2.05) is 13.0 Å². The zero-order valence-electron chi connectivity index (χ0n) is 12.2. The van der Waals surface area contributed by atoms with Crippen LogP contribution in [0, 0.1) is 6.92 Å². The molecular weight excluding hydrogens is 287 g/mol. The van der Waals surface area contributed by atoms with Gasteiger partial charge in [-0.15, -0.1) is 0 Å². The molecule has 0 saturated carbocycles. The number of ether oxygens (including phenoxy) is 2. The van der Waals surface area contributed by atoms with Gasteiger partial charge < -0.3 is 14.8 Å². The minimum Gasteiger partial charge on any atom is -0.383 e. The maximum atomic E-state index is 11.9. The Morgan fingerprint density at radius 3 is 2.67 bits per heavy atom. The van der Waals surface area contributed by atoms with E-state index >= 15 is 0 Å². The highest BCUT2D eigenvalue weighted by Gasteiger charge is 2.27. The average molecular weight is 307 g/mol. The minimum atomic E-state index is -4.30. The molecule has 0 aliphatic carbocycles. The molecule has 8 heteroatoms. The predicted octanol–water partition coefficient (Wildman–Crippen LogP) is 1.64. The normalized spacial score (nSPS) is 11.9. The molecule has 0 saturated heterocycles. The lowest BCUT2D eigenvalue weighted by Gasteiger charge is -2.09. The Morgan fingerprint density at radius 2 is 2.00 bits per heavy atom. The van der Waals surface area contributed by atoms with Gasteiger partial charge in [-0.05, 0) is 13.0 Å². The van der Waals surface area contributed by atoms with E-state index < -0.39 is 12.8 Å². The lowest BCUT2D eigenvalue weighted by Crippen LogP contribution is -2.20. The summed E-state index contributed by atoms with van der Waals surface area (Å²) in [7, 11) is 1.62. The van der Waals surface area contributed by atoms with Crippen LogP contribution in [0.15, 0.2) is 6.07 Å². The first-order valence-electron chi connectivity index (χ1n) is 6.58. The van der Waals surface area contributed by atoms with Crippen molar-refractivity contribution in [2.75, 3.05) is 33.5 Å². The Hall–Kier alpha value is -1.25. The molecule has 0 aromatic carbocycles. The van der Waals surface area contributed by atoms with Crippen molar-refractivity contribution in [1.29, 1.82) is 0 Å². The van der Waals surface area contributed by atoms with Gasteiger partial charge in [-0.25, -0.2) is 9.97 Å². The van der Waals surface area contributed by atoms with Crippen molar-refractivity contribution in [3.8, 4) is 0 Å². The molecule has 0 atom stereocenters. The van der Waals surface area contributed by atoms with Gasteiger partial charge >= 0.3 is 6.18 Å². The van der Waals surface area contributed by atoms with Gasteiger partial charge in [0.05, 0.1) is 18.9 Å². The van der Waals surface area contributed by atoms with Crippen molar-refractivity contribution in [3.63, 3.8) is 0 Å². The molecule has 1 N–H and O–H groups in total. The second kappa shape index (κ2) is 8.91. The van der Waals surface area contributed by atoms with Crippen LogP contribution in [0.4, 0.5) is 13.2 Å². The van der Waals surface area contributed by atoms with Gasteiger partial charge in [0.1, 0.15) is 12.4 Å². The molecule has 0 radical (unpaired) electrons. The summed E-state index contributed by atoms with van der Waals surface area (Å²) in [6, 6.07) is 1.83. The molecule has 21 heavy (non-hydrogen) atoms. The van der Waals surface area contributed by atoms with Crippen LogP contribution in [-0.2, 0) is 22.4 Å². The van der Waals surface area contributed by atoms with Gasteiger partial charge in [-0.2, -0.15) is 13.2 Å². The smallest absolute Gasteiger partial charge is 0.383 e. The first-order chi connectivity index (χ1) is 9.90. The summed E-state index contributed by atoms with van der Waals surface area (Å²) in [6.45, 7) is 2.37. The quantitative estimate of drug-likeness (QED) is 0.703. The van der Waals surface area contributed by atoms with Crippen molar-refractivity contribution in [2.24, 2.45) is 0 Å². The van der Waals surface area contributed by atoms with Gasteiger partial charge in [0.2, 0.25) is 0 Å². The predicted molar refractivity (Wildman–Crippen MR) is 70.9 cm³/mol. The van der Waals surface area contributed by atoms with E-state index in [0.717, 1.165) is 11.4 Å². The number of hydrogen-bond acceptors (Lipinski definition) is 5. The first-order valence-corrected chi connectivity index (χ1v) is 6.58. The molecule has 0 fully saturated rings. The van der Waals surface area contributed by atoms with E-state index in [4.69, 9.17) is 4.74 Å². The lowest BCUT2D eigenvalue weighted by atomic mass is 10.3. The molecule has 0 aliphatic rings. The summed E-state index contributed by atoms with van der Waals surface area (Å²) < 4.78 is 45.3. The summed E-state index contributed by atoms with van der Waals surface area (Å²) in [5.41, 5.74) is 1.57. The summed E-state index contributed by atoms with van der Waals surface area (Å²) >= 11 is 0. The van der Waals surface area contributed by atoms with E-state index in [9.17, 15) is 13.2 Å². The highest BCUT2D eigenvalue weighted by Crippen LogP contribution is 2.14. The number of alkyl halides is 3. The highest BCUT2D eigenvalue weighted by molar-refractivity contribution is 5.10. The molecule has 0 amide bonds. The largest absolute Gasteiger partial charge is 0.411 e. The van der Waals surface area contributed by atoms with Gasteiger partial charge in [-0.3, -0.25) is 0 Å². The number of aryl methyl sites for hydroxylation is 1. The van der Waals surface area contributed by atoms with E-state index in [0.29, 0.717) is 25.5 Å². The fourth-order valence-electron chi connectivity index (χ4n) is 1.64. The van der Waals surface area contributed by atoms with Crippen LogP contribution < -0.4 is 5.32 Å². The molecule has 0 aliphatic heterocycles. The van der Waals surface area contributed by atoms with Crippen LogP contribution >= 0.6 is 0 Å². The number of nitrogens with one attached hydrogen (secondary N) is 1. The van der Waals surface area contributed by atoms with Crippen LogP contribution in [-0.4, -0.2) is 49.6 Å². The third kappa shape index (κ3) is 8.59. The zero-order valence-corrected chi connectivity index (χ0v) is 12.2. The van der Waals surface area contributed by atoms with Crippen molar-refractivity contribution < 1.29 is 22.6 Å². The average Bonchev–Trinajstić information content (AvgIpc) is 2.38. The van der Waals surface area contributed by atoms with Crippen LogP contribution in [0.3, 0.4) is 0 Å². The van der Waals surface area contributed by atoms with Crippen LogP contribution in [0.5, 0.6) is 0 Å². The van der Waals surface area contributed by atoms with E-state index in [1.165, 1.54) is 0 Å². The summed E-state index contributed by atoms with van der Waals surface area (Å²) in [6.07, 6.45) is -4.05. The minimum absolute atomic E-state index is 0.0560. The zero-order chi connectivity index (χ0) is 15.7. The Kier molecular flexibility index (Phi) is 7.55. The second-order valence-electron chi connectivity index (χ2n) is 4.50. The molecule has 5 nitrogen and oxygen atoms in total. The number of halogens is 3. The monoisotopic (exact) mass is 307 g/mol. The summed E-state index contributed by atoms with van der Waals surface area (Å²) in [5.74, 6) is 0.487. The Balaban J connectivity index is 2.41. The maximum Gasteiger partial charge on any atom is 0.411 e. The van der Waals surface area contributed by atoms with Gasteiger partial charge in [0.25, 0.3) is 0 Å². The fourth-order valence-corrected chi connectivity index (χ4v) is 1.64. The lowest BCUT2D eigenvalue weighted by molar-refractivity contribution is -0.173. The van der Waals surface area contributed by atoms with E-state index in [-0.39, 0.29) is 13.0 Å². The molecule has 1 aromatic rings. The van der Waals surface area contributed by atoms with Crippen molar-refractivity contribution in [2.45, 2.75) is 26.1 Å². The van der Waals surface area contributed by atoms with Gasteiger partial charge in [0, 0.05) is 32.3 Å². The van der Waals surface area contributed by atoms with Crippen molar-refractivity contribution in [1.82, 2.24) is 15.3 Å². The Morgan fingerprint density at radius 1 is 1.24 bits per heavy atom. The number of hydrogen-bond donors (Lipinski definition) is 1. The molecule has 1 rings (SSSR count). The number of aromatic nitrogens is 2. The van der Waals surface area contributed by atoms with E-state index in [2.05, 4.69) is 20.0 Å². The summed E-state index contributed by atoms with van der Waals surface area (Å²) in [5, 5.41) is 3.15. The van der Waals surface area contributed by atoms with Gasteiger partial charge in [0.15, 0.2) is 0 Å². The second-order valence-corrected chi connectivity index (χ2v) is 4.50. The van der Waals surface area contributed by atoms with Crippen molar-refractivity contribution in [3.05, 3.63) is 23.3 Å². The highest BCUT2D eigenvalue weighted by atomic mass is 19.4. The third-order valence-corrected chi connectivity index (χ3v) is 2.48. The first kappa shape index (κ1) is 17.8. The van der Waals surface area contributed by atoms with Gasteiger partial charge in [-0.1, -0.05) is 0 Å². The Labute approximate surface area is 121 Å². The number of rotatable bonds is 9. The molecule has 0 unspecified atom stereocenters. The molecule has 0 spiro atoms. The fraction of sp³-hybridized carbons (Fsp3) is 0.692. The molecule has 1 heterocycles. The standard InChI is InChI=1S/C13H20F3N3O2/c1-10-7-11(8-17-4-6-20-2)19-12(18-10)3-5-21-9-13(14,15)16/h7,17H,3-6,8-9H2,1-2H3. The van der Waals surface area contributed by atoms with Crippen LogP contribution in [0.25, 0.3) is 0 Å². The molecule has 1 aromatic heterocycles. The maximum absolute atomic E-state index is 11.9.